The molecule has 0 aromatic heterocycles. The van der Waals surface area contributed by atoms with E-state index in [1.807, 2.05) is 26.8 Å². The van der Waals surface area contributed by atoms with E-state index in [0.717, 1.165) is 10.6 Å². The molecule has 1 aromatic carbocycles. The molecule has 0 unspecified atom stereocenters. The summed E-state index contributed by atoms with van der Waals surface area (Å²) < 4.78 is 10.9. The Hall–Kier alpha value is -1.20. The quantitative estimate of drug-likeness (QED) is 0.586. The molecule has 0 saturated heterocycles. The van der Waals surface area contributed by atoms with Crippen LogP contribution in [0.4, 0.5) is 0 Å². The third-order valence-electron chi connectivity index (χ3n) is 2.29. The first-order valence-electron chi connectivity index (χ1n) is 6.29. The minimum absolute atomic E-state index is 0.143. The Morgan fingerprint density at radius 2 is 2.11 bits per heavy atom. The molecule has 0 aliphatic carbocycles. The van der Waals surface area contributed by atoms with Gasteiger partial charge in [-0.25, -0.2) is 4.79 Å². The fourth-order valence-electron chi connectivity index (χ4n) is 1.55. The van der Waals surface area contributed by atoms with Crippen molar-refractivity contribution < 1.29 is 19.4 Å². The molecule has 0 spiro atoms. The van der Waals surface area contributed by atoms with E-state index in [2.05, 4.69) is 0 Å². The van der Waals surface area contributed by atoms with Crippen LogP contribution in [-0.2, 0) is 4.74 Å². The Morgan fingerprint density at radius 3 is 2.68 bits per heavy atom. The van der Waals surface area contributed by atoms with Gasteiger partial charge in [0.15, 0.2) is 0 Å². The summed E-state index contributed by atoms with van der Waals surface area (Å²) in [6.45, 7) is 6.67. The summed E-state index contributed by atoms with van der Waals surface area (Å²) in [5, 5.41) is 9.29. The zero-order valence-corrected chi connectivity index (χ0v) is 12.3. The molecule has 0 radical (unpaired) electrons. The molecular weight excluding hydrogens is 264 g/mol. The van der Waals surface area contributed by atoms with Gasteiger partial charge in [0.1, 0.15) is 17.9 Å². The van der Waals surface area contributed by atoms with Crippen molar-refractivity contribution >= 4 is 17.7 Å². The Morgan fingerprint density at radius 1 is 1.37 bits per heavy atom. The first-order chi connectivity index (χ1) is 9.06. The number of carboxylic acids is 1. The highest BCUT2D eigenvalue weighted by Gasteiger charge is 2.16. The first-order valence-corrected chi connectivity index (χ1v) is 7.28. The molecule has 0 saturated carbocycles. The minimum atomic E-state index is -0.962. The van der Waals surface area contributed by atoms with E-state index in [-0.39, 0.29) is 11.7 Å². The number of rotatable bonds is 8. The molecule has 1 rings (SSSR count). The standard InChI is InChI=1S/C14H20O4S/c1-4-19-12-7-5-6-11(13(12)14(15)16)18-9-8-17-10(2)3/h5-7,10H,4,8-9H2,1-3H3,(H,15,16). The Kier molecular flexibility index (Phi) is 6.73. The number of aromatic carboxylic acids is 1. The van der Waals surface area contributed by atoms with Crippen molar-refractivity contribution in [1.29, 1.82) is 0 Å². The van der Waals surface area contributed by atoms with Gasteiger partial charge in [0.05, 0.1) is 12.7 Å². The zero-order chi connectivity index (χ0) is 14.3. The van der Waals surface area contributed by atoms with Crippen LogP contribution in [0.15, 0.2) is 23.1 Å². The third-order valence-corrected chi connectivity index (χ3v) is 3.23. The molecule has 0 heterocycles. The van der Waals surface area contributed by atoms with E-state index >= 15 is 0 Å². The molecule has 1 aromatic rings. The summed E-state index contributed by atoms with van der Waals surface area (Å²) in [6.07, 6.45) is 0.143. The van der Waals surface area contributed by atoms with Gasteiger partial charge in [0.2, 0.25) is 0 Å². The predicted molar refractivity (Wildman–Crippen MR) is 76.4 cm³/mol. The number of carbonyl (C=O) groups is 1. The van der Waals surface area contributed by atoms with Crippen LogP contribution in [0.3, 0.4) is 0 Å². The monoisotopic (exact) mass is 284 g/mol. The van der Waals surface area contributed by atoms with Gasteiger partial charge in [-0.3, -0.25) is 0 Å². The van der Waals surface area contributed by atoms with E-state index in [0.29, 0.717) is 19.0 Å². The highest BCUT2D eigenvalue weighted by molar-refractivity contribution is 7.99. The Balaban J connectivity index is 2.76. The second-order valence-electron chi connectivity index (χ2n) is 4.14. The molecule has 0 atom stereocenters. The van der Waals surface area contributed by atoms with Gasteiger partial charge in [0.25, 0.3) is 0 Å². The van der Waals surface area contributed by atoms with Crippen molar-refractivity contribution in [2.45, 2.75) is 31.8 Å². The topological polar surface area (TPSA) is 55.8 Å². The van der Waals surface area contributed by atoms with Crippen LogP contribution in [0, 0.1) is 0 Å². The van der Waals surface area contributed by atoms with Crippen molar-refractivity contribution in [3.8, 4) is 5.75 Å². The molecule has 106 valence electrons. The summed E-state index contributed by atoms with van der Waals surface area (Å²) in [5.74, 6) is 0.259. The number of benzene rings is 1. The van der Waals surface area contributed by atoms with Crippen LogP contribution in [-0.4, -0.2) is 36.1 Å². The first kappa shape index (κ1) is 15.9. The average Bonchev–Trinajstić information content (AvgIpc) is 2.34. The number of ether oxygens (including phenoxy) is 2. The van der Waals surface area contributed by atoms with Crippen molar-refractivity contribution in [1.82, 2.24) is 0 Å². The van der Waals surface area contributed by atoms with Gasteiger partial charge in [-0.2, -0.15) is 0 Å². The molecule has 0 fully saturated rings. The van der Waals surface area contributed by atoms with Crippen LogP contribution in [0.5, 0.6) is 5.75 Å². The number of hydrogen-bond acceptors (Lipinski definition) is 4. The van der Waals surface area contributed by atoms with Gasteiger partial charge in [-0.05, 0) is 31.7 Å². The second-order valence-corrected chi connectivity index (χ2v) is 5.44. The lowest BCUT2D eigenvalue weighted by Crippen LogP contribution is -2.13. The largest absolute Gasteiger partial charge is 0.490 e. The van der Waals surface area contributed by atoms with Crippen molar-refractivity contribution in [2.24, 2.45) is 0 Å². The number of thioether (sulfide) groups is 1. The van der Waals surface area contributed by atoms with Crippen LogP contribution in [0.2, 0.25) is 0 Å². The molecular formula is C14H20O4S. The maximum absolute atomic E-state index is 11.3. The van der Waals surface area contributed by atoms with Gasteiger partial charge in [0, 0.05) is 4.90 Å². The molecule has 1 N–H and O–H groups in total. The molecule has 0 aliphatic rings. The Labute approximate surface area is 118 Å². The lowest BCUT2D eigenvalue weighted by Gasteiger charge is -2.13. The molecule has 5 heteroatoms. The Bertz CT molecular complexity index is 418. The summed E-state index contributed by atoms with van der Waals surface area (Å²) in [6, 6.07) is 5.29. The van der Waals surface area contributed by atoms with Crippen molar-refractivity contribution in [3.05, 3.63) is 23.8 Å². The van der Waals surface area contributed by atoms with E-state index < -0.39 is 5.97 Å². The van der Waals surface area contributed by atoms with Gasteiger partial charge < -0.3 is 14.6 Å². The summed E-state index contributed by atoms with van der Waals surface area (Å²) >= 11 is 1.50. The smallest absolute Gasteiger partial charge is 0.340 e. The lowest BCUT2D eigenvalue weighted by atomic mass is 10.2. The van der Waals surface area contributed by atoms with E-state index in [1.54, 1.807) is 12.1 Å². The van der Waals surface area contributed by atoms with Crippen LogP contribution >= 0.6 is 11.8 Å². The molecule has 19 heavy (non-hydrogen) atoms. The third kappa shape index (κ3) is 5.12. The normalized spacial score (nSPS) is 10.7. The summed E-state index contributed by atoms with van der Waals surface area (Å²) in [7, 11) is 0. The molecule has 0 amide bonds. The molecule has 4 nitrogen and oxygen atoms in total. The number of carboxylic acid groups (broad SMARTS) is 1. The van der Waals surface area contributed by atoms with Gasteiger partial charge >= 0.3 is 5.97 Å². The van der Waals surface area contributed by atoms with Crippen LogP contribution in [0.25, 0.3) is 0 Å². The maximum atomic E-state index is 11.3. The van der Waals surface area contributed by atoms with Gasteiger partial charge in [-0.1, -0.05) is 13.0 Å². The van der Waals surface area contributed by atoms with Gasteiger partial charge in [-0.15, -0.1) is 11.8 Å². The lowest BCUT2D eigenvalue weighted by molar-refractivity contribution is 0.0537. The SMILES string of the molecule is CCSc1cccc(OCCOC(C)C)c1C(=O)O. The van der Waals surface area contributed by atoms with E-state index in [1.165, 1.54) is 11.8 Å². The van der Waals surface area contributed by atoms with E-state index in [9.17, 15) is 9.90 Å². The van der Waals surface area contributed by atoms with Crippen LogP contribution in [0.1, 0.15) is 31.1 Å². The predicted octanol–water partition coefficient (Wildman–Crippen LogP) is 3.30. The van der Waals surface area contributed by atoms with Crippen molar-refractivity contribution in [3.63, 3.8) is 0 Å². The minimum Gasteiger partial charge on any atom is -0.490 e. The highest BCUT2D eigenvalue weighted by Crippen LogP contribution is 2.30. The molecule has 0 aliphatic heterocycles. The zero-order valence-electron chi connectivity index (χ0n) is 11.5. The fourth-order valence-corrected chi connectivity index (χ4v) is 2.37. The summed E-state index contributed by atoms with van der Waals surface area (Å²) in [5.41, 5.74) is 0.235. The second kappa shape index (κ2) is 8.07. The molecule has 0 bridgehead atoms. The van der Waals surface area contributed by atoms with Crippen molar-refractivity contribution in [2.75, 3.05) is 19.0 Å². The van der Waals surface area contributed by atoms with E-state index in [4.69, 9.17) is 9.47 Å². The fraction of sp³-hybridized carbons (Fsp3) is 0.500. The maximum Gasteiger partial charge on any atom is 0.340 e. The summed E-state index contributed by atoms with van der Waals surface area (Å²) in [4.78, 5) is 12.1. The average molecular weight is 284 g/mol. The van der Waals surface area contributed by atoms with Crippen LogP contribution < -0.4 is 4.74 Å². The number of hydrogen-bond donors (Lipinski definition) is 1. The highest BCUT2D eigenvalue weighted by atomic mass is 32.2.